The maximum Gasteiger partial charge on any atom is 0.258 e. The largest absolute Gasteiger partial charge is 0.543 e. The van der Waals surface area contributed by atoms with Crippen LogP contribution in [0.3, 0.4) is 0 Å². The summed E-state index contributed by atoms with van der Waals surface area (Å²) in [5.41, 5.74) is 6.37. The third-order valence-electron chi connectivity index (χ3n) is 6.19. The fourth-order valence-corrected chi connectivity index (χ4v) is 9.76. The molecule has 0 aliphatic heterocycles. The molecule has 2 aromatic rings. The molecule has 3 heteroatoms. The molecular formula is C24H36O2Si. The van der Waals surface area contributed by atoms with Gasteiger partial charge in [0.2, 0.25) is 0 Å². The molecule has 0 radical (unpaired) electrons. The van der Waals surface area contributed by atoms with Crippen LogP contribution in [0, 0.1) is 13.8 Å². The molecule has 0 aliphatic carbocycles. The Bertz CT molecular complexity index is 739. The van der Waals surface area contributed by atoms with Crippen molar-refractivity contribution < 1.29 is 9.53 Å². The zero-order valence-corrected chi connectivity index (χ0v) is 19.3. The van der Waals surface area contributed by atoms with Crippen LogP contribution >= 0.6 is 0 Å². The minimum absolute atomic E-state index is 0.373. The lowest BCUT2D eigenvalue weighted by Gasteiger charge is -2.42. The number of rotatable bonds is 7. The second kappa shape index (κ2) is 8.51. The van der Waals surface area contributed by atoms with E-state index in [0.29, 0.717) is 22.4 Å². The topological polar surface area (TPSA) is 29.5 Å². The first-order valence-corrected chi connectivity index (χ1v) is 12.3. The van der Waals surface area contributed by atoms with Gasteiger partial charge in [-0.2, -0.15) is 0 Å². The maximum absolute atomic E-state index is 9.86. The summed E-state index contributed by atoms with van der Waals surface area (Å²) in [7, 11) is -1.91. The molecule has 148 valence electrons. The number of phenols is 1. The molecule has 0 bridgehead atoms. The zero-order chi connectivity index (χ0) is 20.4. The molecule has 0 spiro atoms. The summed E-state index contributed by atoms with van der Waals surface area (Å²) in [6.07, 6.45) is 0.869. The first-order chi connectivity index (χ1) is 12.6. The highest BCUT2D eigenvalue weighted by atomic mass is 28.4. The van der Waals surface area contributed by atoms with Crippen LogP contribution in [0.5, 0.6) is 11.5 Å². The quantitative estimate of drug-likeness (QED) is 0.513. The van der Waals surface area contributed by atoms with Crippen LogP contribution in [-0.4, -0.2) is 13.4 Å². The minimum Gasteiger partial charge on any atom is -0.543 e. The molecule has 0 aromatic heterocycles. The lowest BCUT2D eigenvalue weighted by molar-refractivity contribution is 0.470. The van der Waals surface area contributed by atoms with Crippen LogP contribution < -0.4 is 4.43 Å². The number of benzene rings is 2. The summed E-state index contributed by atoms with van der Waals surface area (Å²) in [6.45, 7) is 17.9. The van der Waals surface area contributed by atoms with Crippen molar-refractivity contribution in [2.45, 2.75) is 78.4 Å². The minimum atomic E-state index is -1.91. The summed E-state index contributed by atoms with van der Waals surface area (Å²) in [5.74, 6) is 1.37. The Morgan fingerprint density at radius 2 is 1.30 bits per heavy atom. The first kappa shape index (κ1) is 21.6. The van der Waals surface area contributed by atoms with Crippen LogP contribution in [0.15, 0.2) is 36.4 Å². The van der Waals surface area contributed by atoms with E-state index in [9.17, 15) is 5.11 Å². The normalized spacial score (nSPS) is 12.3. The van der Waals surface area contributed by atoms with Gasteiger partial charge in [0.25, 0.3) is 8.32 Å². The Morgan fingerprint density at radius 1 is 0.778 bits per heavy atom. The second-order valence-corrected chi connectivity index (χ2v) is 14.1. The summed E-state index contributed by atoms with van der Waals surface area (Å²) in [5, 5.41) is 9.86. The van der Waals surface area contributed by atoms with E-state index >= 15 is 0 Å². The van der Waals surface area contributed by atoms with E-state index in [4.69, 9.17) is 4.43 Å². The molecule has 2 aromatic carbocycles. The monoisotopic (exact) mass is 384 g/mol. The van der Waals surface area contributed by atoms with Crippen molar-refractivity contribution >= 4 is 8.32 Å². The zero-order valence-electron chi connectivity index (χ0n) is 18.3. The Balaban J connectivity index is 2.23. The number of aromatic hydroxyl groups is 1. The lowest BCUT2D eigenvalue weighted by Crippen LogP contribution is -2.50. The molecule has 0 saturated carbocycles. The SMILES string of the molecule is Cc1c(O)ccc(Cc2ccc(O[Si](C(C)C)(C(C)C)C(C)C)cc2)c1C. The van der Waals surface area contributed by atoms with E-state index in [1.54, 1.807) is 6.07 Å². The van der Waals surface area contributed by atoms with E-state index in [-0.39, 0.29) is 0 Å². The van der Waals surface area contributed by atoms with Gasteiger partial charge in [-0.1, -0.05) is 59.7 Å². The van der Waals surface area contributed by atoms with Crippen LogP contribution in [-0.2, 0) is 6.42 Å². The Labute approximate surface area is 166 Å². The predicted molar refractivity (Wildman–Crippen MR) is 119 cm³/mol. The molecule has 0 amide bonds. The molecule has 0 heterocycles. The van der Waals surface area contributed by atoms with Crippen molar-refractivity contribution in [3.63, 3.8) is 0 Å². The average molecular weight is 385 g/mol. The average Bonchev–Trinajstić information content (AvgIpc) is 2.60. The van der Waals surface area contributed by atoms with Crippen LogP contribution in [0.25, 0.3) is 0 Å². The standard InChI is InChI=1S/C24H36O2Si/c1-16(2)27(17(3)4,18(5)6)26-23-12-9-21(10-13-23)15-22-11-14-24(25)20(8)19(22)7/h9-14,16-18,25H,15H2,1-8H3. The third-order valence-corrected chi connectivity index (χ3v) is 12.2. The van der Waals surface area contributed by atoms with Crippen LogP contribution in [0.4, 0.5) is 0 Å². The molecule has 2 nitrogen and oxygen atoms in total. The molecule has 1 N–H and O–H groups in total. The fraction of sp³-hybridized carbons (Fsp3) is 0.500. The van der Waals surface area contributed by atoms with Gasteiger partial charge in [-0.25, -0.2) is 0 Å². The first-order valence-electron chi connectivity index (χ1n) is 10.2. The number of phenolic OH excluding ortho intramolecular Hbond substituents is 1. The Hall–Kier alpha value is -1.74. The van der Waals surface area contributed by atoms with Crippen molar-refractivity contribution in [1.29, 1.82) is 0 Å². The van der Waals surface area contributed by atoms with Crippen LogP contribution in [0.1, 0.15) is 63.8 Å². The second-order valence-electron chi connectivity index (χ2n) is 8.73. The van der Waals surface area contributed by atoms with Crippen molar-refractivity contribution in [3.8, 4) is 11.5 Å². The number of hydrogen-bond donors (Lipinski definition) is 1. The van der Waals surface area contributed by atoms with Gasteiger partial charge in [-0.15, -0.1) is 0 Å². The third kappa shape index (κ3) is 4.40. The van der Waals surface area contributed by atoms with E-state index in [2.05, 4.69) is 72.7 Å². The predicted octanol–water partition coefficient (Wildman–Crippen LogP) is 7.15. The van der Waals surface area contributed by atoms with E-state index in [1.807, 2.05) is 13.0 Å². The van der Waals surface area contributed by atoms with Crippen LogP contribution in [0.2, 0.25) is 16.6 Å². The van der Waals surface area contributed by atoms with Crippen molar-refractivity contribution in [2.24, 2.45) is 0 Å². The summed E-state index contributed by atoms with van der Waals surface area (Å²) in [4.78, 5) is 0. The van der Waals surface area contributed by atoms with Crippen molar-refractivity contribution in [1.82, 2.24) is 0 Å². The molecule has 27 heavy (non-hydrogen) atoms. The Morgan fingerprint density at radius 3 is 1.78 bits per heavy atom. The van der Waals surface area contributed by atoms with Gasteiger partial charge in [-0.05, 0) is 77.3 Å². The van der Waals surface area contributed by atoms with Gasteiger partial charge in [0.15, 0.2) is 0 Å². The van der Waals surface area contributed by atoms with E-state index in [0.717, 1.165) is 17.7 Å². The summed E-state index contributed by atoms with van der Waals surface area (Å²) >= 11 is 0. The highest BCUT2D eigenvalue weighted by Gasteiger charge is 2.46. The lowest BCUT2D eigenvalue weighted by atomic mass is 9.97. The van der Waals surface area contributed by atoms with Crippen molar-refractivity contribution in [2.75, 3.05) is 0 Å². The maximum atomic E-state index is 9.86. The molecule has 0 saturated heterocycles. The highest BCUT2D eigenvalue weighted by molar-refractivity contribution is 6.78. The number of hydrogen-bond acceptors (Lipinski definition) is 2. The molecule has 0 aliphatic rings. The van der Waals surface area contributed by atoms with Gasteiger partial charge in [0.05, 0.1) is 0 Å². The van der Waals surface area contributed by atoms with Crippen molar-refractivity contribution in [3.05, 3.63) is 58.7 Å². The highest BCUT2D eigenvalue weighted by Crippen LogP contribution is 2.42. The van der Waals surface area contributed by atoms with E-state index < -0.39 is 8.32 Å². The van der Waals surface area contributed by atoms with Gasteiger partial charge in [-0.3, -0.25) is 0 Å². The molecule has 0 unspecified atom stereocenters. The smallest absolute Gasteiger partial charge is 0.258 e. The summed E-state index contributed by atoms with van der Waals surface area (Å²) in [6, 6.07) is 12.4. The fourth-order valence-electron chi connectivity index (χ4n) is 4.51. The molecule has 0 fully saturated rings. The molecule has 0 atom stereocenters. The van der Waals surface area contributed by atoms with Gasteiger partial charge in [0, 0.05) is 0 Å². The van der Waals surface area contributed by atoms with Gasteiger partial charge in [0.1, 0.15) is 11.5 Å². The van der Waals surface area contributed by atoms with Gasteiger partial charge < -0.3 is 9.53 Å². The Kier molecular flexibility index (Phi) is 6.80. The summed E-state index contributed by atoms with van der Waals surface area (Å²) < 4.78 is 6.76. The molecule has 2 rings (SSSR count). The van der Waals surface area contributed by atoms with Gasteiger partial charge >= 0.3 is 0 Å². The molecular weight excluding hydrogens is 348 g/mol. The van der Waals surface area contributed by atoms with E-state index in [1.165, 1.54) is 16.7 Å².